The molecular weight excluding hydrogens is 398 g/mol. The van der Waals surface area contributed by atoms with E-state index in [9.17, 15) is 9.59 Å². The summed E-state index contributed by atoms with van der Waals surface area (Å²) in [6.45, 7) is 3.44. The molecule has 0 radical (unpaired) electrons. The van der Waals surface area contributed by atoms with E-state index >= 15 is 0 Å². The number of nitrogens with one attached hydrogen (secondary N) is 1. The van der Waals surface area contributed by atoms with Gasteiger partial charge in [-0.05, 0) is 44.2 Å². The van der Waals surface area contributed by atoms with Crippen molar-refractivity contribution < 1.29 is 23.6 Å². The summed E-state index contributed by atoms with van der Waals surface area (Å²) in [5, 5.41) is 6.83. The molecule has 1 N–H and O–H groups in total. The average molecular weight is 416 g/mol. The molecule has 1 amide bonds. The maximum atomic E-state index is 12.2. The van der Waals surface area contributed by atoms with Crippen LogP contribution in [0.15, 0.2) is 47.1 Å². The van der Waals surface area contributed by atoms with Gasteiger partial charge in [-0.1, -0.05) is 22.8 Å². The number of aryl methyl sites for hydroxylation is 2. The summed E-state index contributed by atoms with van der Waals surface area (Å²) in [5.41, 5.74) is 1.86. The molecule has 1 aromatic carbocycles. The highest BCUT2D eigenvalue weighted by Gasteiger charge is 2.13. The number of carbonyl (C=O) groups is 2. The zero-order chi connectivity index (χ0) is 20.8. The third-order valence-electron chi connectivity index (χ3n) is 3.96. The monoisotopic (exact) mass is 415 g/mol. The molecule has 0 saturated carbocycles. The first-order valence-corrected chi connectivity index (χ1v) is 9.03. The second kappa shape index (κ2) is 9.20. The van der Waals surface area contributed by atoms with Crippen LogP contribution in [0.1, 0.15) is 27.4 Å². The van der Waals surface area contributed by atoms with E-state index < -0.39 is 18.5 Å². The lowest BCUT2D eigenvalue weighted by Crippen LogP contribution is -2.21. The number of rotatable bonds is 7. The van der Waals surface area contributed by atoms with Crippen molar-refractivity contribution in [1.29, 1.82) is 0 Å². The van der Waals surface area contributed by atoms with Crippen molar-refractivity contribution in [3.8, 4) is 5.75 Å². The maximum absolute atomic E-state index is 12.2. The van der Waals surface area contributed by atoms with Crippen molar-refractivity contribution >= 4 is 29.3 Å². The summed E-state index contributed by atoms with van der Waals surface area (Å²) in [4.78, 5) is 28.1. The molecule has 29 heavy (non-hydrogen) atoms. The number of halogens is 1. The summed E-state index contributed by atoms with van der Waals surface area (Å²) < 4.78 is 15.9. The normalized spacial score (nSPS) is 10.4. The Balaban J connectivity index is 1.53. The van der Waals surface area contributed by atoms with Gasteiger partial charge in [0.1, 0.15) is 23.9 Å². The zero-order valence-electron chi connectivity index (χ0n) is 15.8. The van der Waals surface area contributed by atoms with Crippen LogP contribution in [0.2, 0.25) is 5.02 Å². The zero-order valence-corrected chi connectivity index (χ0v) is 16.5. The van der Waals surface area contributed by atoms with Crippen molar-refractivity contribution in [1.82, 2.24) is 10.1 Å². The number of benzene rings is 1. The molecule has 0 saturated heterocycles. The molecule has 2 heterocycles. The van der Waals surface area contributed by atoms with Gasteiger partial charge >= 0.3 is 5.97 Å². The van der Waals surface area contributed by atoms with E-state index in [1.807, 2.05) is 6.92 Å². The average Bonchev–Trinajstić information content (AvgIpc) is 3.04. The summed E-state index contributed by atoms with van der Waals surface area (Å²) in [6.07, 6.45) is 1.40. The van der Waals surface area contributed by atoms with Gasteiger partial charge < -0.3 is 19.3 Å². The molecule has 0 aliphatic carbocycles. The molecule has 0 atom stereocenters. The van der Waals surface area contributed by atoms with Crippen molar-refractivity contribution in [2.75, 3.05) is 11.9 Å². The van der Waals surface area contributed by atoms with Gasteiger partial charge in [0.2, 0.25) is 0 Å². The summed E-state index contributed by atoms with van der Waals surface area (Å²) in [6, 6.07) is 9.62. The van der Waals surface area contributed by atoms with Gasteiger partial charge in [-0.2, -0.15) is 0 Å². The molecule has 0 bridgehead atoms. The second-order valence-corrected chi connectivity index (χ2v) is 6.54. The third-order valence-corrected chi connectivity index (χ3v) is 4.19. The summed E-state index contributed by atoms with van der Waals surface area (Å²) in [5.74, 6) is 0.310. The van der Waals surface area contributed by atoms with Crippen LogP contribution in [0.4, 0.5) is 5.82 Å². The molecule has 150 valence electrons. The number of amides is 1. The Morgan fingerprint density at radius 3 is 2.72 bits per heavy atom. The molecule has 0 aliphatic rings. The van der Waals surface area contributed by atoms with Crippen LogP contribution in [0.3, 0.4) is 0 Å². The Morgan fingerprint density at radius 1 is 1.21 bits per heavy atom. The fourth-order valence-electron chi connectivity index (χ4n) is 2.42. The highest BCUT2D eigenvalue weighted by atomic mass is 35.5. The molecule has 0 unspecified atom stereocenters. The minimum absolute atomic E-state index is 0.260. The van der Waals surface area contributed by atoms with E-state index in [0.29, 0.717) is 22.4 Å². The first-order valence-electron chi connectivity index (χ1n) is 8.65. The number of ether oxygens (including phenoxy) is 2. The van der Waals surface area contributed by atoms with Crippen LogP contribution in [-0.4, -0.2) is 28.6 Å². The molecule has 0 fully saturated rings. The van der Waals surface area contributed by atoms with E-state index in [0.717, 1.165) is 11.3 Å². The lowest BCUT2D eigenvalue weighted by molar-refractivity contribution is -0.119. The van der Waals surface area contributed by atoms with Gasteiger partial charge in [0.15, 0.2) is 6.61 Å². The SMILES string of the molecule is Cc1noc(C)c1COc1cccc(C(=O)OCC(=O)Nc2ccc(Cl)cn2)c1. The van der Waals surface area contributed by atoms with Gasteiger partial charge in [-0.3, -0.25) is 4.79 Å². The summed E-state index contributed by atoms with van der Waals surface area (Å²) >= 11 is 5.74. The predicted octanol–water partition coefficient (Wildman–Crippen LogP) is 3.71. The quantitative estimate of drug-likeness (QED) is 0.586. The van der Waals surface area contributed by atoms with Crippen LogP contribution in [0.25, 0.3) is 0 Å². The van der Waals surface area contributed by atoms with Crippen LogP contribution in [-0.2, 0) is 16.1 Å². The lowest BCUT2D eigenvalue weighted by Gasteiger charge is -2.09. The number of hydrogen-bond donors (Lipinski definition) is 1. The molecule has 3 rings (SSSR count). The lowest BCUT2D eigenvalue weighted by atomic mass is 10.2. The second-order valence-electron chi connectivity index (χ2n) is 6.11. The first-order chi connectivity index (χ1) is 13.9. The minimum atomic E-state index is -0.646. The van der Waals surface area contributed by atoms with E-state index in [-0.39, 0.29) is 12.2 Å². The van der Waals surface area contributed by atoms with Gasteiger partial charge in [-0.15, -0.1) is 0 Å². The standard InChI is InChI=1S/C20H18ClN3O5/c1-12-17(13(2)29-24-12)10-27-16-5-3-4-14(8-16)20(26)28-11-19(25)23-18-7-6-15(21)9-22-18/h3-9H,10-11H2,1-2H3,(H,22,23,25). The molecule has 8 nitrogen and oxygen atoms in total. The molecule has 0 spiro atoms. The molecule has 9 heteroatoms. The highest BCUT2D eigenvalue weighted by Crippen LogP contribution is 2.19. The Kier molecular flexibility index (Phi) is 6.46. The number of anilines is 1. The van der Waals surface area contributed by atoms with Crippen molar-refractivity contribution in [2.45, 2.75) is 20.5 Å². The summed E-state index contributed by atoms with van der Waals surface area (Å²) in [7, 11) is 0. The molecule has 0 aliphatic heterocycles. The van der Waals surface area contributed by atoms with Gasteiger partial charge in [0.25, 0.3) is 5.91 Å². The predicted molar refractivity (Wildman–Crippen MR) is 105 cm³/mol. The van der Waals surface area contributed by atoms with Crippen molar-refractivity contribution in [3.63, 3.8) is 0 Å². The van der Waals surface area contributed by atoms with Crippen molar-refractivity contribution in [3.05, 3.63) is 70.2 Å². The van der Waals surface area contributed by atoms with Crippen molar-refractivity contribution in [2.24, 2.45) is 0 Å². The smallest absolute Gasteiger partial charge is 0.338 e. The molecule has 2 aromatic heterocycles. The highest BCUT2D eigenvalue weighted by molar-refractivity contribution is 6.30. The first kappa shape index (κ1) is 20.3. The number of hydrogen-bond acceptors (Lipinski definition) is 7. The van der Waals surface area contributed by atoms with Crippen LogP contribution in [0.5, 0.6) is 5.75 Å². The van der Waals surface area contributed by atoms with E-state index in [4.69, 9.17) is 25.6 Å². The molecule has 3 aromatic rings. The van der Waals surface area contributed by atoms with E-state index in [1.54, 1.807) is 43.3 Å². The number of pyridine rings is 1. The fourth-order valence-corrected chi connectivity index (χ4v) is 2.53. The van der Waals surface area contributed by atoms with E-state index in [2.05, 4.69) is 15.5 Å². The van der Waals surface area contributed by atoms with Gasteiger partial charge in [-0.25, -0.2) is 9.78 Å². The number of carbonyl (C=O) groups excluding carboxylic acids is 2. The fraction of sp³-hybridized carbons (Fsp3) is 0.200. The Bertz CT molecular complexity index is 998. The van der Waals surface area contributed by atoms with Crippen LogP contribution in [0, 0.1) is 13.8 Å². The Hall–Kier alpha value is -3.39. The minimum Gasteiger partial charge on any atom is -0.489 e. The number of esters is 1. The number of nitrogens with zero attached hydrogens (tertiary/aromatic N) is 2. The van der Waals surface area contributed by atoms with Gasteiger partial charge in [0, 0.05) is 6.20 Å². The Labute approximate surface area is 171 Å². The largest absolute Gasteiger partial charge is 0.489 e. The molecular formula is C20H18ClN3O5. The maximum Gasteiger partial charge on any atom is 0.338 e. The Morgan fingerprint density at radius 2 is 2.03 bits per heavy atom. The number of aromatic nitrogens is 2. The topological polar surface area (TPSA) is 104 Å². The van der Waals surface area contributed by atoms with Crippen LogP contribution >= 0.6 is 11.6 Å². The van der Waals surface area contributed by atoms with Gasteiger partial charge in [0.05, 0.1) is 21.8 Å². The van der Waals surface area contributed by atoms with Crippen LogP contribution < -0.4 is 10.1 Å². The third kappa shape index (κ3) is 5.55. The van der Waals surface area contributed by atoms with E-state index in [1.165, 1.54) is 6.20 Å².